The van der Waals surface area contributed by atoms with Crippen molar-refractivity contribution in [2.24, 2.45) is 5.92 Å². The summed E-state index contributed by atoms with van der Waals surface area (Å²) in [5, 5.41) is 6.39. The van der Waals surface area contributed by atoms with Gasteiger partial charge in [-0.15, -0.1) is 12.4 Å². The van der Waals surface area contributed by atoms with Crippen LogP contribution in [0.2, 0.25) is 0 Å². The third-order valence-corrected chi connectivity index (χ3v) is 5.20. The minimum absolute atomic E-state index is 0. The van der Waals surface area contributed by atoms with Gasteiger partial charge in [0.25, 0.3) is 0 Å². The van der Waals surface area contributed by atoms with E-state index in [1.165, 1.54) is 11.1 Å². The Morgan fingerprint density at radius 3 is 2.32 bits per heavy atom. The minimum Gasteiger partial charge on any atom is -0.352 e. The van der Waals surface area contributed by atoms with Crippen molar-refractivity contribution in [1.29, 1.82) is 0 Å². The Kier molecular flexibility index (Phi) is 8.16. The van der Waals surface area contributed by atoms with E-state index in [4.69, 9.17) is 0 Å². The molecule has 3 rings (SSSR count). The molecule has 2 heterocycles. The molecule has 0 aliphatic carbocycles. The maximum atomic E-state index is 12.2. The molecule has 140 valence electrons. The van der Waals surface area contributed by atoms with E-state index in [9.17, 15) is 4.79 Å². The Morgan fingerprint density at radius 1 is 1.08 bits per heavy atom. The number of likely N-dealkylation sites (N-methyl/N-ethyl adjacent to an activating group) is 1. The van der Waals surface area contributed by atoms with Gasteiger partial charge >= 0.3 is 0 Å². The number of carbonyl (C=O) groups excluding carboxylic acids is 1. The van der Waals surface area contributed by atoms with Gasteiger partial charge in [-0.3, -0.25) is 9.69 Å². The van der Waals surface area contributed by atoms with Crippen LogP contribution in [0.5, 0.6) is 0 Å². The molecule has 1 aromatic carbocycles. The van der Waals surface area contributed by atoms with Crippen LogP contribution in [0.3, 0.4) is 0 Å². The van der Waals surface area contributed by atoms with Crippen molar-refractivity contribution >= 4 is 18.3 Å². The monoisotopic (exact) mass is 366 g/mol. The summed E-state index contributed by atoms with van der Waals surface area (Å²) in [6, 6.07) is 8.69. The van der Waals surface area contributed by atoms with E-state index in [0.29, 0.717) is 6.54 Å². The van der Waals surface area contributed by atoms with Crippen molar-refractivity contribution < 1.29 is 4.79 Å². The number of hydrogen-bond acceptors (Lipinski definition) is 4. The van der Waals surface area contributed by atoms with Crippen LogP contribution in [0.1, 0.15) is 24.0 Å². The lowest BCUT2D eigenvalue weighted by molar-refractivity contribution is -0.125. The Bertz CT molecular complexity index is 523. The number of benzene rings is 1. The number of rotatable bonds is 5. The molecule has 0 atom stereocenters. The molecule has 1 aromatic rings. The van der Waals surface area contributed by atoms with E-state index >= 15 is 0 Å². The highest BCUT2D eigenvalue weighted by Crippen LogP contribution is 2.13. The number of hydrogen-bond donors (Lipinski definition) is 2. The average Bonchev–Trinajstić information content (AvgIpc) is 2.63. The third-order valence-electron chi connectivity index (χ3n) is 5.20. The first kappa shape index (κ1) is 20.2. The number of carbonyl (C=O) groups is 1. The second-order valence-corrected chi connectivity index (χ2v) is 7.14. The molecule has 0 spiro atoms. The summed E-state index contributed by atoms with van der Waals surface area (Å²) in [6.07, 6.45) is 1.91. The summed E-state index contributed by atoms with van der Waals surface area (Å²) in [4.78, 5) is 17.1. The SMILES string of the molecule is CN1CCN(Cc2ccc(CNC(=O)C3CCNCC3)cc2)CC1.Cl. The van der Waals surface area contributed by atoms with Crippen molar-refractivity contribution in [3.05, 3.63) is 35.4 Å². The number of piperidine rings is 1. The van der Waals surface area contributed by atoms with Crippen LogP contribution in [-0.4, -0.2) is 62.0 Å². The first-order valence-electron chi connectivity index (χ1n) is 9.18. The lowest BCUT2D eigenvalue weighted by Crippen LogP contribution is -2.43. The summed E-state index contributed by atoms with van der Waals surface area (Å²) in [7, 11) is 2.18. The van der Waals surface area contributed by atoms with Crippen LogP contribution >= 0.6 is 12.4 Å². The number of amides is 1. The zero-order chi connectivity index (χ0) is 16.8. The minimum atomic E-state index is 0. The highest BCUT2D eigenvalue weighted by molar-refractivity contribution is 5.85. The van der Waals surface area contributed by atoms with Crippen molar-refractivity contribution in [3.63, 3.8) is 0 Å². The van der Waals surface area contributed by atoms with E-state index in [0.717, 1.165) is 58.7 Å². The smallest absolute Gasteiger partial charge is 0.223 e. The van der Waals surface area contributed by atoms with Crippen LogP contribution in [0.15, 0.2) is 24.3 Å². The molecule has 0 radical (unpaired) electrons. The van der Waals surface area contributed by atoms with Gasteiger partial charge in [0.1, 0.15) is 0 Å². The van der Waals surface area contributed by atoms with E-state index in [-0.39, 0.29) is 24.2 Å². The van der Waals surface area contributed by atoms with Crippen LogP contribution in [0.4, 0.5) is 0 Å². The number of nitrogens with zero attached hydrogens (tertiary/aromatic N) is 2. The van der Waals surface area contributed by atoms with Gasteiger partial charge < -0.3 is 15.5 Å². The van der Waals surface area contributed by atoms with Gasteiger partial charge in [-0.2, -0.15) is 0 Å². The maximum Gasteiger partial charge on any atom is 0.223 e. The van der Waals surface area contributed by atoms with Crippen LogP contribution in [-0.2, 0) is 17.9 Å². The normalized spacial score (nSPS) is 20.0. The molecule has 2 saturated heterocycles. The summed E-state index contributed by atoms with van der Waals surface area (Å²) in [6.45, 7) is 8.17. The van der Waals surface area contributed by atoms with Gasteiger partial charge in [0.05, 0.1) is 0 Å². The Balaban J connectivity index is 0.00000225. The third kappa shape index (κ3) is 6.26. The lowest BCUT2D eigenvalue weighted by atomic mass is 9.97. The van der Waals surface area contributed by atoms with Gasteiger partial charge in [-0.1, -0.05) is 24.3 Å². The molecule has 2 aliphatic rings. The fourth-order valence-corrected chi connectivity index (χ4v) is 3.44. The van der Waals surface area contributed by atoms with Crippen molar-refractivity contribution in [3.8, 4) is 0 Å². The number of halogens is 1. The molecule has 2 aliphatic heterocycles. The summed E-state index contributed by atoms with van der Waals surface area (Å²) in [5.41, 5.74) is 2.53. The molecule has 1 amide bonds. The molecule has 6 heteroatoms. The van der Waals surface area contributed by atoms with Crippen molar-refractivity contribution in [2.45, 2.75) is 25.9 Å². The van der Waals surface area contributed by atoms with Crippen molar-refractivity contribution in [1.82, 2.24) is 20.4 Å². The fourth-order valence-electron chi connectivity index (χ4n) is 3.44. The molecule has 25 heavy (non-hydrogen) atoms. The Hall–Kier alpha value is -1.14. The first-order valence-corrected chi connectivity index (χ1v) is 9.18. The van der Waals surface area contributed by atoms with Gasteiger partial charge in [0.15, 0.2) is 0 Å². The molecule has 0 aromatic heterocycles. The summed E-state index contributed by atoms with van der Waals surface area (Å²) in [5.74, 6) is 0.390. The van der Waals surface area contributed by atoms with Gasteiger partial charge in [-0.25, -0.2) is 0 Å². The molecular weight excluding hydrogens is 336 g/mol. The summed E-state index contributed by atoms with van der Waals surface area (Å²) >= 11 is 0. The fraction of sp³-hybridized carbons (Fsp3) is 0.632. The van der Waals surface area contributed by atoms with E-state index < -0.39 is 0 Å². The molecule has 0 saturated carbocycles. The molecule has 2 fully saturated rings. The second kappa shape index (κ2) is 10.1. The van der Waals surface area contributed by atoms with Gasteiger partial charge in [0, 0.05) is 45.2 Å². The van der Waals surface area contributed by atoms with E-state index in [2.05, 4.69) is 51.7 Å². The lowest BCUT2D eigenvalue weighted by Gasteiger charge is -2.32. The predicted molar refractivity (Wildman–Crippen MR) is 104 cm³/mol. The van der Waals surface area contributed by atoms with E-state index in [1.54, 1.807) is 0 Å². The summed E-state index contributed by atoms with van der Waals surface area (Å²) < 4.78 is 0. The Labute approximate surface area is 157 Å². The second-order valence-electron chi connectivity index (χ2n) is 7.14. The van der Waals surface area contributed by atoms with Crippen LogP contribution in [0, 0.1) is 5.92 Å². The van der Waals surface area contributed by atoms with Crippen molar-refractivity contribution in [2.75, 3.05) is 46.3 Å². The maximum absolute atomic E-state index is 12.2. The Morgan fingerprint density at radius 2 is 1.68 bits per heavy atom. The predicted octanol–water partition coefficient (Wildman–Crippen LogP) is 1.47. The average molecular weight is 367 g/mol. The van der Waals surface area contributed by atoms with Crippen LogP contribution in [0.25, 0.3) is 0 Å². The van der Waals surface area contributed by atoms with Gasteiger partial charge in [-0.05, 0) is 44.1 Å². The highest BCUT2D eigenvalue weighted by atomic mass is 35.5. The first-order chi connectivity index (χ1) is 11.7. The van der Waals surface area contributed by atoms with Gasteiger partial charge in [0.2, 0.25) is 5.91 Å². The largest absolute Gasteiger partial charge is 0.352 e. The standard InChI is InChI=1S/C19H30N4O.ClH/c1-22-10-12-23(13-11-22)15-17-4-2-16(3-5-17)14-21-19(24)18-6-8-20-9-7-18;/h2-5,18,20H,6-15H2,1H3,(H,21,24);1H. The van der Waals surface area contributed by atoms with Crippen LogP contribution < -0.4 is 10.6 Å². The highest BCUT2D eigenvalue weighted by Gasteiger charge is 2.20. The molecule has 0 unspecified atom stereocenters. The molecule has 0 bridgehead atoms. The quantitative estimate of drug-likeness (QED) is 0.828. The molecule has 2 N–H and O–H groups in total. The van der Waals surface area contributed by atoms with E-state index in [1.807, 2.05) is 0 Å². The topological polar surface area (TPSA) is 47.6 Å². The number of nitrogens with one attached hydrogen (secondary N) is 2. The molecule has 5 nitrogen and oxygen atoms in total. The molecular formula is C19H31ClN4O. The number of piperazine rings is 1. The zero-order valence-electron chi connectivity index (χ0n) is 15.2. The zero-order valence-corrected chi connectivity index (χ0v) is 16.0.